The van der Waals surface area contributed by atoms with Crippen LogP contribution in [0.3, 0.4) is 0 Å². The van der Waals surface area contributed by atoms with Crippen LogP contribution in [0.2, 0.25) is 0 Å². The zero-order valence-electron chi connectivity index (χ0n) is 16.3. The van der Waals surface area contributed by atoms with Crippen LogP contribution in [0.1, 0.15) is 75.2 Å². The van der Waals surface area contributed by atoms with E-state index in [1.54, 1.807) is 0 Å². The van der Waals surface area contributed by atoms with Gasteiger partial charge in [0.25, 0.3) is 0 Å². The highest BCUT2D eigenvalue weighted by Gasteiger charge is 2.38. The zero-order chi connectivity index (χ0) is 17.8. The lowest BCUT2D eigenvalue weighted by Crippen LogP contribution is -2.56. The van der Waals surface area contributed by atoms with E-state index < -0.39 is 0 Å². The minimum absolute atomic E-state index is 0.328. The third kappa shape index (κ3) is 4.04. The molecule has 0 unspecified atom stereocenters. The highest BCUT2D eigenvalue weighted by molar-refractivity contribution is 5.38. The number of hydrogen-bond acceptors (Lipinski definition) is 5. The van der Waals surface area contributed by atoms with Gasteiger partial charge in [-0.2, -0.15) is 0 Å². The molecule has 0 spiro atoms. The van der Waals surface area contributed by atoms with Crippen molar-refractivity contribution in [3.05, 3.63) is 17.6 Å². The molecule has 4 rings (SSSR count). The fourth-order valence-corrected chi connectivity index (χ4v) is 5.10. The van der Waals surface area contributed by atoms with Gasteiger partial charge in [-0.25, -0.2) is 9.97 Å². The molecule has 0 bridgehead atoms. The minimum Gasteiger partial charge on any atom is -0.381 e. The standard InChI is InChI=1S/C21H34N4O/c1-17-23-19(18-8-13-26-15-18)14-20(24-17)22-16-21(9-4-2-5-10-21)25-11-6-3-7-12-25/h14,18H,2-13,15-16H2,1H3,(H,22,23,24)/t18-/m1/s1. The molecule has 26 heavy (non-hydrogen) atoms. The highest BCUT2D eigenvalue weighted by atomic mass is 16.5. The van der Waals surface area contributed by atoms with E-state index in [9.17, 15) is 0 Å². The van der Waals surface area contributed by atoms with E-state index in [1.807, 2.05) is 6.92 Å². The maximum atomic E-state index is 5.55. The second kappa shape index (κ2) is 8.22. The van der Waals surface area contributed by atoms with E-state index in [-0.39, 0.29) is 0 Å². The largest absolute Gasteiger partial charge is 0.381 e. The number of rotatable bonds is 5. The molecule has 5 nitrogen and oxygen atoms in total. The summed E-state index contributed by atoms with van der Waals surface area (Å²) in [4.78, 5) is 12.2. The van der Waals surface area contributed by atoms with Crippen molar-refractivity contribution in [1.82, 2.24) is 14.9 Å². The van der Waals surface area contributed by atoms with Crippen LogP contribution in [0.15, 0.2) is 6.07 Å². The first kappa shape index (κ1) is 18.2. The van der Waals surface area contributed by atoms with Crippen molar-refractivity contribution in [3.8, 4) is 0 Å². The normalized spacial score (nSPS) is 26.7. The molecule has 1 aromatic heterocycles. The number of hydrogen-bond donors (Lipinski definition) is 1. The molecule has 1 aromatic rings. The number of aromatic nitrogens is 2. The number of nitrogens with one attached hydrogen (secondary N) is 1. The molecule has 5 heteroatoms. The average Bonchev–Trinajstić information content (AvgIpc) is 3.22. The lowest BCUT2D eigenvalue weighted by molar-refractivity contribution is 0.0437. The number of nitrogens with zero attached hydrogens (tertiary/aromatic N) is 3. The molecule has 0 aromatic carbocycles. The van der Waals surface area contributed by atoms with Gasteiger partial charge < -0.3 is 10.1 Å². The topological polar surface area (TPSA) is 50.3 Å². The summed E-state index contributed by atoms with van der Waals surface area (Å²) in [7, 11) is 0. The first-order valence-corrected chi connectivity index (χ1v) is 10.7. The Morgan fingerprint density at radius 3 is 2.62 bits per heavy atom. The second-order valence-electron chi connectivity index (χ2n) is 8.47. The molecule has 2 aliphatic heterocycles. The van der Waals surface area contributed by atoms with E-state index in [0.29, 0.717) is 11.5 Å². The van der Waals surface area contributed by atoms with Crippen LogP contribution in [0.4, 0.5) is 5.82 Å². The number of ether oxygens (including phenoxy) is 1. The molecular weight excluding hydrogens is 324 g/mol. The third-order valence-electron chi connectivity index (χ3n) is 6.62. The number of piperidine rings is 1. The highest BCUT2D eigenvalue weighted by Crippen LogP contribution is 2.36. The number of aryl methyl sites for hydroxylation is 1. The van der Waals surface area contributed by atoms with Gasteiger partial charge in [0.15, 0.2) is 0 Å². The SMILES string of the molecule is Cc1nc(NCC2(N3CCCCC3)CCCCC2)cc([C@@H]2CCOC2)n1. The molecule has 1 saturated carbocycles. The average molecular weight is 359 g/mol. The Labute approximate surface area is 157 Å². The van der Waals surface area contributed by atoms with Crippen LogP contribution in [0.25, 0.3) is 0 Å². The Balaban J connectivity index is 1.48. The Bertz CT molecular complexity index is 588. The molecule has 1 atom stereocenters. The van der Waals surface area contributed by atoms with Crippen molar-refractivity contribution in [1.29, 1.82) is 0 Å². The molecule has 144 valence electrons. The molecule has 3 heterocycles. The van der Waals surface area contributed by atoms with Gasteiger partial charge in [0, 0.05) is 30.7 Å². The maximum Gasteiger partial charge on any atom is 0.130 e. The summed E-state index contributed by atoms with van der Waals surface area (Å²) >= 11 is 0. The van der Waals surface area contributed by atoms with Gasteiger partial charge in [0.1, 0.15) is 11.6 Å². The van der Waals surface area contributed by atoms with Gasteiger partial charge in [-0.1, -0.05) is 25.7 Å². The van der Waals surface area contributed by atoms with Gasteiger partial charge in [-0.3, -0.25) is 4.90 Å². The molecule has 3 fully saturated rings. The molecule has 0 radical (unpaired) electrons. The maximum absolute atomic E-state index is 5.55. The van der Waals surface area contributed by atoms with Crippen molar-refractivity contribution in [2.45, 2.75) is 76.2 Å². The summed E-state index contributed by atoms with van der Waals surface area (Å²) in [5, 5.41) is 3.72. The lowest BCUT2D eigenvalue weighted by Gasteiger charge is -2.48. The number of likely N-dealkylation sites (tertiary alicyclic amines) is 1. The van der Waals surface area contributed by atoms with Crippen molar-refractivity contribution in [2.75, 3.05) is 38.2 Å². The monoisotopic (exact) mass is 358 g/mol. The molecule has 1 N–H and O–H groups in total. The minimum atomic E-state index is 0.328. The van der Waals surface area contributed by atoms with E-state index in [4.69, 9.17) is 4.74 Å². The van der Waals surface area contributed by atoms with Crippen molar-refractivity contribution < 1.29 is 4.74 Å². The Morgan fingerprint density at radius 1 is 1.12 bits per heavy atom. The van der Waals surface area contributed by atoms with Crippen LogP contribution < -0.4 is 5.32 Å². The predicted octanol–water partition coefficient (Wildman–Crippen LogP) is 3.89. The summed E-state index contributed by atoms with van der Waals surface area (Å²) < 4.78 is 5.55. The van der Waals surface area contributed by atoms with Crippen molar-refractivity contribution >= 4 is 5.82 Å². The fourth-order valence-electron chi connectivity index (χ4n) is 5.10. The van der Waals surface area contributed by atoms with E-state index in [1.165, 1.54) is 64.5 Å². The first-order valence-electron chi connectivity index (χ1n) is 10.7. The molecule has 1 aliphatic carbocycles. The number of anilines is 1. The summed E-state index contributed by atoms with van der Waals surface area (Å²) in [6.45, 7) is 7.22. The van der Waals surface area contributed by atoms with E-state index in [2.05, 4.69) is 26.3 Å². The first-order chi connectivity index (χ1) is 12.8. The second-order valence-corrected chi connectivity index (χ2v) is 8.47. The van der Waals surface area contributed by atoms with Crippen LogP contribution in [0, 0.1) is 6.92 Å². The zero-order valence-corrected chi connectivity index (χ0v) is 16.3. The molecule has 0 amide bonds. The van der Waals surface area contributed by atoms with Gasteiger partial charge in [0.05, 0.1) is 12.3 Å². The van der Waals surface area contributed by atoms with Crippen molar-refractivity contribution in [3.63, 3.8) is 0 Å². The summed E-state index contributed by atoms with van der Waals surface area (Å²) in [5.41, 5.74) is 1.47. The van der Waals surface area contributed by atoms with Crippen molar-refractivity contribution in [2.24, 2.45) is 0 Å². The van der Waals surface area contributed by atoms with Crippen LogP contribution in [0.5, 0.6) is 0 Å². The summed E-state index contributed by atoms with van der Waals surface area (Å²) in [6, 6.07) is 2.17. The van der Waals surface area contributed by atoms with E-state index in [0.717, 1.165) is 43.5 Å². The van der Waals surface area contributed by atoms with Gasteiger partial charge >= 0.3 is 0 Å². The fraction of sp³-hybridized carbons (Fsp3) is 0.810. The lowest BCUT2D eigenvalue weighted by atomic mass is 9.79. The Morgan fingerprint density at radius 2 is 1.88 bits per heavy atom. The van der Waals surface area contributed by atoms with Crippen LogP contribution >= 0.6 is 0 Å². The van der Waals surface area contributed by atoms with Crippen LogP contribution in [-0.2, 0) is 4.74 Å². The van der Waals surface area contributed by atoms with Gasteiger partial charge in [-0.05, 0) is 52.1 Å². The summed E-state index contributed by atoms with van der Waals surface area (Å²) in [5.74, 6) is 2.30. The van der Waals surface area contributed by atoms with Gasteiger partial charge in [-0.15, -0.1) is 0 Å². The Kier molecular flexibility index (Phi) is 5.75. The van der Waals surface area contributed by atoms with E-state index >= 15 is 0 Å². The smallest absolute Gasteiger partial charge is 0.130 e. The van der Waals surface area contributed by atoms with Crippen LogP contribution in [-0.4, -0.2) is 53.3 Å². The summed E-state index contributed by atoms with van der Waals surface area (Å²) in [6.07, 6.45) is 12.0. The quantitative estimate of drug-likeness (QED) is 0.865. The molecule has 3 aliphatic rings. The van der Waals surface area contributed by atoms with Gasteiger partial charge in [0.2, 0.25) is 0 Å². The third-order valence-corrected chi connectivity index (χ3v) is 6.62. The molecular formula is C21H34N4O. The molecule has 2 saturated heterocycles. The Hall–Kier alpha value is -1.20. The predicted molar refractivity (Wildman–Crippen MR) is 105 cm³/mol.